The van der Waals surface area contributed by atoms with Crippen molar-refractivity contribution in [3.8, 4) is 11.8 Å². The van der Waals surface area contributed by atoms with Crippen molar-refractivity contribution in [3.63, 3.8) is 0 Å². The van der Waals surface area contributed by atoms with Crippen molar-refractivity contribution in [3.05, 3.63) is 34.3 Å². The van der Waals surface area contributed by atoms with E-state index in [1.807, 2.05) is 0 Å². The Morgan fingerprint density at radius 3 is 2.94 bits per heavy atom. The van der Waals surface area contributed by atoms with Gasteiger partial charge in [-0.15, -0.1) is 0 Å². The molecule has 82 valence electrons. The molecule has 0 atom stereocenters. The van der Waals surface area contributed by atoms with Gasteiger partial charge >= 0.3 is 0 Å². The van der Waals surface area contributed by atoms with Crippen molar-refractivity contribution < 1.29 is 9.59 Å². The van der Waals surface area contributed by atoms with Crippen molar-refractivity contribution in [2.45, 2.75) is 6.92 Å². The summed E-state index contributed by atoms with van der Waals surface area (Å²) in [5.41, 5.74) is 1.09. The lowest BCUT2D eigenvalue weighted by atomic mass is 10.1. The molecule has 4 heteroatoms. The van der Waals surface area contributed by atoms with Crippen LogP contribution in [0.2, 0.25) is 5.02 Å². The Balaban J connectivity index is 2.82. The highest BCUT2D eigenvalue weighted by Gasteiger charge is 1.99. The molecule has 2 nitrogen and oxygen atoms in total. The second kappa shape index (κ2) is 6.37. The average Bonchev–Trinajstić information content (AvgIpc) is 2.24. The fourth-order valence-corrected chi connectivity index (χ4v) is 1.53. The van der Waals surface area contributed by atoms with Gasteiger partial charge in [-0.3, -0.25) is 9.59 Å². The van der Waals surface area contributed by atoms with E-state index in [0.717, 1.165) is 18.0 Å². The van der Waals surface area contributed by atoms with Crippen LogP contribution in [0, 0.1) is 11.8 Å². The molecule has 0 saturated heterocycles. The van der Waals surface area contributed by atoms with Crippen molar-refractivity contribution in [1.82, 2.24) is 0 Å². The number of aldehydes is 1. The molecular weight excluding hydrogens is 244 g/mol. The summed E-state index contributed by atoms with van der Waals surface area (Å²) in [6.07, 6.45) is 0.735. The first-order valence-electron chi connectivity index (χ1n) is 4.50. The molecule has 1 aromatic rings. The minimum atomic E-state index is 0.0241. The maximum Gasteiger partial charge on any atom is 0.186 e. The van der Waals surface area contributed by atoms with Crippen molar-refractivity contribution in [2.24, 2.45) is 0 Å². The summed E-state index contributed by atoms with van der Waals surface area (Å²) in [6.45, 7) is 1.49. The van der Waals surface area contributed by atoms with Gasteiger partial charge in [-0.2, -0.15) is 0 Å². The first-order chi connectivity index (χ1) is 7.63. The maximum absolute atomic E-state index is 10.7. The maximum atomic E-state index is 10.7. The lowest BCUT2D eigenvalue weighted by molar-refractivity contribution is -0.109. The summed E-state index contributed by atoms with van der Waals surface area (Å²) in [4.78, 5) is 21.4. The third-order valence-corrected chi connectivity index (χ3v) is 2.64. The van der Waals surface area contributed by atoms with Crippen LogP contribution >= 0.6 is 23.4 Å². The molecule has 0 aromatic heterocycles. The van der Waals surface area contributed by atoms with Crippen LogP contribution in [0.25, 0.3) is 0 Å². The number of carbonyl (C=O) groups is 2. The Kier molecular flexibility index (Phi) is 5.10. The molecule has 0 unspecified atom stereocenters. The molecule has 0 aliphatic heterocycles. The van der Waals surface area contributed by atoms with E-state index in [1.54, 1.807) is 18.2 Å². The summed E-state index contributed by atoms with van der Waals surface area (Å²) in [5, 5.41) is 0.560. The Hall–Kier alpha value is -1.24. The topological polar surface area (TPSA) is 34.1 Å². The summed E-state index contributed by atoms with van der Waals surface area (Å²) in [7, 11) is 0. The molecule has 0 amide bonds. The van der Waals surface area contributed by atoms with Crippen LogP contribution in [0.5, 0.6) is 0 Å². The predicted octanol–water partition coefficient (Wildman–Crippen LogP) is 2.78. The van der Waals surface area contributed by atoms with Crippen LogP contribution in [0.3, 0.4) is 0 Å². The van der Waals surface area contributed by atoms with Gasteiger partial charge in [-0.1, -0.05) is 35.2 Å². The molecule has 0 fully saturated rings. The Morgan fingerprint density at radius 2 is 2.31 bits per heavy atom. The Morgan fingerprint density at radius 1 is 1.56 bits per heavy atom. The molecule has 1 aromatic carbocycles. The van der Waals surface area contributed by atoms with Crippen LogP contribution in [-0.2, 0) is 4.79 Å². The van der Waals surface area contributed by atoms with E-state index < -0.39 is 0 Å². The average molecular weight is 253 g/mol. The third-order valence-electron chi connectivity index (χ3n) is 1.71. The Bertz CT molecular complexity index is 472. The molecule has 0 N–H and O–H groups in total. The van der Waals surface area contributed by atoms with E-state index in [1.165, 1.54) is 6.92 Å². The van der Waals surface area contributed by atoms with Gasteiger partial charge < -0.3 is 0 Å². The third kappa shape index (κ3) is 4.09. The van der Waals surface area contributed by atoms with E-state index in [2.05, 4.69) is 11.8 Å². The van der Waals surface area contributed by atoms with Gasteiger partial charge in [0.25, 0.3) is 0 Å². The number of rotatable bonds is 2. The normalized spacial score (nSPS) is 9.12. The van der Waals surface area contributed by atoms with Gasteiger partial charge in [0.1, 0.15) is 0 Å². The molecule has 16 heavy (non-hydrogen) atoms. The molecule has 1 rings (SSSR count). The first-order valence-corrected chi connectivity index (χ1v) is 5.87. The van der Waals surface area contributed by atoms with E-state index in [0.29, 0.717) is 21.9 Å². The van der Waals surface area contributed by atoms with Crippen LogP contribution in [-0.4, -0.2) is 17.2 Å². The summed E-state index contributed by atoms with van der Waals surface area (Å²) in [5.74, 6) is 6.05. The Labute approximate surface area is 103 Å². The van der Waals surface area contributed by atoms with E-state index in [4.69, 9.17) is 11.6 Å². The zero-order valence-corrected chi connectivity index (χ0v) is 10.2. The zero-order valence-electron chi connectivity index (χ0n) is 8.62. The molecule has 0 spiro atoms. The summed E-state index contributed by atoms with van der Waals surface area (Å²) < 4.78 is 0. The number of hydrogen-bond donors (Lipinski definition) is 0. The van der Waals surface area contributed by atoms with Gasteiger partial charge in [-0.05, 0) is 18.2 Å². The fourth-order valence-electron chi connectivity index (χ4n) is 1.01. The smallest absolute Gasteiger partial charge is 0.186 e. The minimum absolute atomic E-state index is 0.0241. The highest BCUT2D eigenvalue weighted by molar-refractivity contribution is 8.13. The second-order valence-corrected chi connectivity index (χ2v) is 4.52. The van der Waals surface area contributed by atoms with E-state index >= 15 is 0 Å². The first kappa shape index (κ1) is 12.8. The number of hydrogen-bond acceptors (Lipinski definition) is 3. The van der Waals surface area contributed by atoms with Crippen LogP contribution in [0.1, 0.15) is 22.8 Å². The van der Waals surface area contributed by atoms with Crippen molar-refractivity contribution >= 4 is 34.8 Å². The van der Waals surface area contributed by atoms with Gasteiger partial charge in [0.2, 0.25) is 0 Å². The zero-order chi connectivity index (χ0) is 12.0. The quantitative estimate of drug-likeness (QED) is 0.600. The molecular formula is C12H9ClO2S. The van der Waals surface area contributed by atoms with Gasteiger partial charge in [0.05, 0.1) is 5.75 Å². The second-order valence-electron chi connectivity index (χ2n) is 2.93. The molecule has 0 heterocycles. The lowest BCUT2D eigenvalue weighted by Gasteiger charge is -1.96. The number of benzene rings is 1. The van der Waals surface area contributed by atoms with Crippen molar-refractivity contribution in [1.29, 1.82) is 0 Å². The van der Waals surface area contributed by atoms with Crippen molar-refractivity contribution in [2.75, 3.05) is 5.75 Å². The van der Waals surface area contributed by atoms with Gasteiger partial charge in [0, 0.05) is 23.1 Å². The largest absolute Gasteiger partial charge is 0.298 e. The molecule has 0 bridgehead atoms. The molecule has 0 aliphatic carbocycles. The summed E-state index contributed by atoms with van der Waals surface area (Å²) >= 11 is 6.93. The SMILES string of the molecule is CC(=O)SCC#Cc1cc(Cl)ccc1C=O. The van der Waals surface area contributed by atoms with E-state index in [9.17, 15) is 9.59 Å². The van der Waals surface area contributed by atoms with Gasteiger partial charge in [0.15, 0.2) is 11.4 Å². The standard InChI is InChI=1S/C12H9ClO2S/c1-9(15)16-6-2-3-10-7-12(13)5-4-11(10)8-14/h4-5,7-8H,6H2,1H3. The molecule has 0 saturated carbocycles. The number of thioether (sulfide) groups is 1. The van der Waals surface area contributed by atoms with Crippen LogP contribution in [0.4, 0.5) is 0 Å². The molecule has 0 aliphatic rings. The monoisotopic (exact) mass is 252 g/mol. The predicted molar refractivity (Wildman–Crippen MR) is 66.9 cm³/mol. The van der Waals surface area contributed by atoms with Crippen LogP contribution in [0.15, 0.2) is 18.2 Å². The highest BCUT2D eigenvalue weighted by Crippen LogP contribution is 2.13. The number of carbonyl (C=O) groups excluding carboxylic acids is 2. The molecule has 0 radical (unpaired) electrons. The highest BCUT2D eigenvalue weighted by atomic mass is 35.5. The lowest BCUT2D eigenvalue weighted by Crippen LogP contribution is -1.87. The van der Waals surface area contributed by atoms with Crippen LogP contribution < -0.4 is 0 Å². The number of halogens is 1. The fraction of sp³-hybridized carbons (Fsp3) is 0.167. The van der Waals surface area contributed by atoms with E-state index in [-0.39, 0.29) is 5.12 Å². The summed E-state index contributed by atoms with van der Waals surface area (Å²) in [6, 6.07) is 4.90. The van der Waals surface area contributed by atoms with Gasteiger partial charge in [-0.25, -0.2) is 0 Å². The minimum Gasteiger partial charge on any atom is -0.298 e.